The number of halogens is 2. The first kappa shape index (κ1) is 21.6. The molecule has 0 aliphatic rings. The molecule has 2 nitrogen and oxygen atoms in total. The van der Waals surface area contributed by atoms with E-state index in [1.807, 2.05) is 24.3 Å². The summed E-state index contributed by atoms with van der Waals surface area (Å²) in [6.07, 6.45) is 3.41. The van der Waals surface area contributed by atoms with Crippen LogP contribution < -0.4 is 28.9 Å². The summed E-state index contributed by atoms with van der Waals surface area (Å²) >= 11 is 12.2. The quantitative estimate of drug-likeness (QED) is 0.402. The first-order valence-electron chi connectivity index (χ1n) is 7.60. The number of hydrogen-bond donors (Lipinski definition) is 0. The van der Waals surface area contributed by atoms with Crippen molar-refractivity contribution in [2.75, 3.05) is 6.61 Å². The summed E-state index contributed by atoms with van der Waals surface area (Å²) in [6, 6.07) is 12.7. The van der Waals surface area contributed by atoms with Gasteiger partial charge in [0, 0.05) is 0 Å². The minimum Gasteiger partial charge on any atom is -1.00 e. The van der Waals surface area contributed by atoms with Crippen LogP contribution in [-0.2, 0) is 0 Å². The van der Waals surface area contributed by atoms with Crippen molar-refractivity contribution >= 4 is 42.6 Å². The molecule has 0 heterocycles. The summed E-state index contributed by atoms with van der Waals surface area (Å²) in [5.74, 6) is 0.831. The normalized spacial score (nSPS) is 10.6. The fourth-order valence-corrected chi connectivity index (χ4v) is 3.80. The molecule has 0 saturated carbocycles. The van der Waals surface area contributed by atoms with Crippen molar-refractivity contribution in [3.63, 3.8) is 0 Å². The Kier molecular flexibility index (Phi) is 10.1. The Labute approximate surface area is 168 Å². The molecule has 124 valence electrons. The maximum absolute atomic E-state index is 12.4. The summed E-state index contributed by atoms with van der Waals surface area (Å²) < 4.78 is 5.67. The fourth-order valence-electron chi connectivity index (χ4n) is 2.08. The van der Waals surface area contributed by atoms with Crippen LogP contribution in [0, 0.1) is 0 Å². The summed E-state index contributed by atoms with van der Waals surface area (Å²) in [6.45, 7) is 2.89. The first-order valence-corrected chi connectivity index (χ1v) is 9.35. The van der Waals surface area contributed by atoms with Gasteiger partial charge in [0.05, 0.1) is 22.2 Å². The van der Waals surface area contributed by atoms with Crippen molar-refractivity contribution in [3.8, 4) is 5.75 Å². The Morgan fingerprint density at radius 1 is 1.08 bits per heavy atom. The molecular weight excluding hydrogens is 357 g/mol. The average Bonchev–Trinajstić information content (AvgIpc) is 2.53. The maximum Gasteiger partial charge on any atom is 1.00 e. The van der Waals surface area contributed by atoms with Gasteiger partial charge in [0.1, 0.15) is 5.75 Å². The van der Waals surface area contributed by atoms with Crippen LogP contribution in [0.5, 0.6) is 5.75 Å². The van der Waals surface area contributed by atoms with Gasteiger partial charge in [-0.05, 0) is 44.6 Å². The second kappa shape index (κ2) is 11.2. The van der Waals surface area contributed by atoms with E-state index in [0.29, 0.717) is 15.6 Å². The average molecular weight is 377 g/mol. The minimum atomic E-state index is -0.0581. The largest absolute Gasteiger partial charge is 1.00 e. The molecule has 2 aromatic carbocycles. The Bertz CT molecular complexity index is 648. The van der Waals surface area contributed by atoms with Crippen molar-refractivity contribution in [1.82, 2.24) is 0 Å². The minimum absolute atomic E-state index is 0. The van der Waals surface area contributed by atoms with Crippen LogP contribution in [0.1, 0.15) is 38.0 Å². The third-order valence-corrected chi connectivity index (χ3v) is 5.05. The summed E-state index contributed by atoms with van der Waals surface area (Å²) in [5, 5.41) is 1.73. The summed E-state index contributed by atoms with van der Waals surface area (Å²) in [5.41, 5.74) is 0.339. The molecule has 6 heteroatoms. The number of carbonyl (C=O) groups excluding carboxylic acids is 1. The molecule has 0 saturated heterocycles. The van der Waals surface area contributed by atoms with E-state index in [2.05, 4.69) is 6.92 Å². The first-order chi connectivity index (χ1) is 11.1. The standard InChI is InChI=1S/C18H19Cl2O2P.Li.H/c1-2-3-4-12-22-13-8-10-14(11-9-13)23-18(21)17-15(19)6-5-7-16(17)20;;/h5-11,23H,2-4,12H2,1H3;;/q;+1;-1. The van der Waals surface area contributed by atoms with Crippen LogP contribution in [0.25, 0.3) is 0 Å². The SMILES string of the molecule is CCCCCOc1ccc(PC(=O)c2c(Cl)cccc2Cl)cc1.[H-].[Li+]. The van der Waals surface area contributed by atoms with E-state index in [-0.39, 0.29) is 34.4 Å². The molecule has 0 bridgehead atoms. The van der Waals surface area contributed by atoms with E-state index >= 15 is 0 Å². The van der Waals surface area contributed by atoms with Gasteiger partial charge >= 0.3 is 18.9 Å². The smallest absolute Gasteiger partial charge is 1.00 e. The zero-order valence-electron chi connectivity index (χ0n) is 14.9. The molecule has 0 aromatic heterocycles. The molecule has 0 radical (unpaired) electrons. The third-order valence-electron chi connectivity index (χ3n) is 3.32. The van der Waals surface area contributed by atoms with Crippen LogP contribution in [-0.4, -0.2) is 12.1 Å². The number of carbonyl (C=O) groups is 1. The number of benzene rings is 2. The maximum atomic E-state index is 12.4. The van der Waals surface area contributed by atoms with Crippen LogP contribution >= 0.6 is 31.8 Å². The van der Waals surface area contributed by atoms with Gasteiger partial charge in [0.2, 0.25) is 0 Å². The van der Waals surface area contributed by atoms with Gasteiger partial charge in [0.15, 0.2) is 5.52 Å². The molecular formula is C18H20Cl2LiO2P. The van der Waals surface area contributed by atoms with Gasteiger partial charge in [-0.2, -0.15) is 0 Å². The predicted molar refractivity (Wildman–Crippen MR) is 101 cm³/mol. The zero-order valence-corrected chi connectivity index (χ0v) is 16.5. The molecule has 1 atom stereocenters. The Balaban J connectivity index is 0.00000288. The van der Waals surface area contributed by atoms with E-state index in [1.165, 1.54) is 12.8 Å². The number of rotatable bonds is 8. The molecule has 24 heavy (non-hydrogen) atoms. The van der Waals surface area contributed by atoms with Crippen molar-refractivity contribution in [1.29, 1.82) is 0 Å². The zero-order chi connectivity index (χ0) is 16.7. The van der Waals surface area contributed by atoms with E-state index in [4.69, 9.17) is 27.9 Å². The molecule has 0 spiro atoms. The molecule has 0 aliphatic carbocycles. The van der Waals surface area contributed by atoms with Crippen LogP contribution in [0.4, 0.5) is 0 Å². The number of ether oxygens (including phenoxy) is 1. The fraction of sp³-hybridized carbons (Fsp3) is 0.278. The number of unbranched alkanes of at least 4 members (excludes halogenated alkanes) is 2. The van der Waals surface area contributed by atoms with Gasteiger partial charge < -0.3 is 6.16 Å². The van der Waals surface area contributed by atoms with Gasteiger partial charge in [-0.3, -0.25) is 4.79 Å². The molecule has 0 fully saturated rings. The number of hydrogen-bond acceptors (Lipinski definition) is 2. The van der Waals surface area contributed by atoms with Crippen molar-refractivity contribution in [3.05, 3.63) is 58.1 Å². The molecule has 0 amide bonds. The molecule has 2 rings (SSSR count). The van der Waals surface area contributed by atoms with Crippen molar-refractivity contribution < 1.29 is 29.8 Å². The van der Waals surface area contributed by atoms with E-state index in [0.717, 1.165) is 24.1 Å². The van der Waals surface area contributed by atoms with Crippen molar-refractivity contribution in [2.45, 2.75) is 26.2 Å². The monoisotopic (exact) mass is 376 g/mol. The molecule has 2 aromatic rings. The topological polar surface area (TPSA) is 26.3 Å². The van der Waals surface area contributed by atoms with E-state index in [9.17, 15) is 4.79 Å². The molecule has 0 N–H and O–H groups in total. The van der Waals surface area contributed by atoms with Crippen molar-refractivity contribution in [2.24, 2.45) is 0 Å². The summed E-state index contributed by atoms with van der Waals surface area (Å²) in [7, 11) is -0.0162. The second-order valence-corrected chi connectivity index (χ2v) is 7.23. The third kappa shape index (κ3) is 6.44. The van der Waals surface area contributed by atoms with Crippen LogP contribution in [0.15, 0.2) is 42.5 Å². The Morgan fingerprint density at radius 3 is 2.29 bits per heavy atom. The van der Waals surface area contributed by atoms with Gasteiger partial charge in [-0.1, -0.05) is 61.2 Å². The van der Waals surface area contributed by atoms with Crippen LogP contribution in [0.2, 0.25) is 10.0 Å². The van der Waals surface area contributed by atoms with E-state index < -0.39 is 0 Å². The van der Waals surface area contributed by atoms with E-state index in [1.54, 1.807) is 18.2 Å². The Morgan fingerprint density at radius 2 is 1.71 bits per heavy atom. The predicted octanol–water partition coefficient (Wildman–Crippen LogP) is 2.82. The van der Waals surface area contributed by atoms with Crippen LogP contribution in [0.3, 0.4) is 0 Å². The molecule has 0 aliphatic heterocycles. The van der Waals surface area contributed by atoms with Gasteiger partial charge in [0.25, 0.3) is 0 Å². The van der Waals surface area contributed by atoms with Gasteiger partial charge in [-0.15, -0.1) is 0 Å². The second-order valence-electron chi connectivity index (χ2n) is 5.13. The molecule has 1 unspecified atom stereocenters. The van der Waals surface area contributed by atoms with Gasteiger partial charge in [-0.25, -0.2) is 0 Å². The Hall–Kier alpha value is -0.483. The summed E-state index contributed by atoms with van der Waals surface area (Å²) in [4.78, 5) is 12.4.